The molecule has 0 aromatic heterocycles. The number of hydrogen-bond donors (Lipinski definition) is 1. The molecule has 0 unspecified atom stereocenters. The summed E-state index contributed by atoms with van der Waals surface area (Å²) >= 11 is 0. The third-order valence-electron chi connectivity index (χ3n) is 2.44. The summed E-state index contributed by atoms with van der Waals surface area (Å²) in [6, 6.07) is 5.20. The van der Waals surface area contributed by atoms with Gasteiger partial charge in [0.25, 0.3) is 11.8 Å². The van der Waals surface area contributed by atoms with Gasteiger partial charge in [0, 0.05) is 6.08 Å². The lowest BCUT2D eigenvalue weighted by Gasteiger charge is -2.11. The molecule has 0 bridgehead atoms. The molecule has 18 heavy (non-hydrogen) atoms. The molecule has 0 saturated heterocycles. The molecule has 0 radical (unpaired) electrons. The van der Waals surface area contributed by atoms with Crippen molar-refractivity contribution in [2.75, 3.05) is 6.54 Å². The fourth-order valence-corrected chi connectivity index (χ4v) is 1.66. The van der Waals surface area contributed by atoms with Crippen LogP contribution in [-0.2, 0) is 14.4 Å². The molecule has 6 heteroatoms. The van der Waals surface area contributed by atoms with Crippen LogP contribution >= 0.6 is 0 Å². The number of imide groups is 1. The molecule has 1 aliphatic rings. The Hall–Kier alpha value is -2.50. The summed E-state index contributed by atoms with van der Waals surface area (Å²) in [5.74, 6) is -3.26. The molecule has 1 aliphatic heterocycles. The molecule has 92 valence electrons. The van der Waals surface area contributed by atoms with E-state index in [1.165, 1.54) is 18.2 Å². The van der Waals surface area contributed by atoms with Gasteiger partial charge < -0.3 is 5.11 Å². The van der Waals surface area contributed by atoms with Crippen molar-refractivity contribution >= 4 is 23.4 Å². The zero-order valence-electron chi connectivity index (χ0n) is 9.09. The molecular weight excluding hydrogens is 241 g/mol. The lowest BCUT2D eigenvalue weighted by molar-refractivity contribution is -0.147. The van der Waals surface area contributed by atoms with Gasteiger partial charge in [0.15, 0.2) is 0 Å². The van der Waals surface area contributed by atoms with Crippen LogP contribution in [0.15, 0.2) is 30.3 Å². The van der Waals surface area contributed by atoms with E-state index >= 15 is 0 Å². The number of carboxylic acid groups (broad SMARTS) is 1. The maximum Gasteiger partial charge on any atom is 0.323 e. The van der Waals surface area contributed by atoms with Crippen molar-refractivity contribution in [2.24, 2.45) is 0 Å². The Bertz CT molecular complexity index is 579. The van der Waals surface area contributed by atoms with E-state index in [2.05, 4.69) is 0 Å². The number of carbonyl (C=O) groups is 3. The minimum atomic E-state index is -1.29. The van der Waals surface area contributed by atoms with Gasteiger partial charge in [0.1, 0.15) is 12.4 Å². The van der Waals surface area contributed by atoms with E-state index in [4.69, 9.17) is 5.11 Å². The van der Waals surface area contributed by atoms with Crippen LogP contribution in [0, 0.1) is 5.82 Å². The molecule has 1 heterocycles. The lowest BCUT2D eigenvalue weighted by Crippen LogP contribution is -2.35. The van der Waals surface area contributed by atoms with E-state index in [9.17, 15) is 18.8 Å². The third-order valence-corrected chi connectivity index (χ3v) is 2.44. The average Bonchev–Trinajstić information content (AvgIpc) is 2.56. The van der Waals surface area contributed by atoms with Crippen LogP contribution in [0.1, 0.15) is 5.56 Å². The smallest absolute Gasteiger partial charge is 0.323 e. The SMILES string of the molecule is O=C(O)CN1C(=O)C=C(c2cccc(F)c2)C1=O. The highest BCUT2D eigenvalue weighted by atomic mass is 19.1. The number of carbonyl (C=O) groups excluding carboxylic acids is 2. The number of hydrogen-bond acceptors (Lipinski definition) is 3. The Labute approximate surface area is 101 Å². The van der Waals surface area contributed by atoms with Crippen LogP contribution in [0.4, 0.5) is 4.39 Å². The Morgan fingerprint density at radius 1 is 1.33 bits per heavy atom. The third kappa shape index (κ3) is 2.13. The number of carboxylic acids is 1. The van der Waals surface area contributed by atoms with Crippen LogP contribution < -0.4 is 0 Å². The minimum absolute atomic E-state index is 0.000694. The van der Waals surface area contributed by atoms with E-state index in [0.717, 1.165) is 12.1 Å². The zero-order chi connectivity index (χ0) is 13.3. The number of rotatable bonds is 3. The summed E-state index contributed by atoms with van der Waals surface area (Å²) in [5, 5.41) is 8.58. The number of amides is 2. The fraction of sp³-hybridized carbons (Fsp3) is 0.0833. The van der Waals surface area contributed by atoms with Crippen LogP contribution in [0.25, 0.3) is 5.57 Å². The van der Waals surface area contributed by atoms with Crippen molar-refractivity contribution in [2.45, 2.75) is 0 Å². The van der Waals surface area contributed by atoms with E-state index in [0.29, 0.717) is 4.90 Å². The fourth-order valence-electron chi connectivity index (χ4n) is 1.66. The Kier molecular flexibility index (Phi) is 2.93. The van der Waals surface area contributed by atoms with E-state index in [1.807, 2.05) is 0 Å². The lowest BCUT2D eigenvalue weighted by atomic mass is 10.1. The highest BCUT2D eigenvalue weighted by molar-refractivity contribution is 6.33. The summed E-state index contributed by atoms with van der Waals surface area (Å²) in [5.41, 5.74) is 0.252. The van der Waals surface area contributed by atoms with E-state index in [1.54, 1.807) is 0 Å². The Morgan fingerprint density at radius 3 is 2.67 bits per heavy atom. The van der Waals surface area contributed by atoms with Gasteiger partial charge >= 0.3 is 5.97 Å². The van der Waals surface area contributed by atoms with Gasteiger partial charge in [0.2, 0.25) is 0 Å². The summed E-state index contributed by atoms with van der Waals surface area (Å²) in [6.45, 7) is -0.701. The highest BCUT2D eigenvalue weighted by Crippen LogP contribution is 2.23. The predicted molar refractivity (Wildman–Crippen MR) is 58.7 cm³/mol. The maximum atomic E-state index is 13.0. The molecule has 0 atom stereocenters. The van der Waals surface area contributed by atoms with E-state index in [-0.39, 0.29) is 11.1 Å². The van der Waals surface area contributed by atoms with Gasteiger partial charge in [-0.2, -0.15) is 0 Å². The molecule has 1 aromatic carbocycles. The van der Waals surface area contributed by atoms with Gasteiger partial charge in [0.05, 0.1) is 5.57 Å². The van der Waals surface area contributed by atoms with Gasteiger partial charge in [-0.1, -0.05) is 12.1 Å². The molecule has 2 rings (SSSR count). The maximum absolute atomic E-state index is 13.0. The summed E-state index contributed by atoms with van der Waals surface area (Å²) in [4.78, 5) is 34.4. The number of halogens is 1. The van der Waals surface area contributed by atoms with Gasteiger partial charge in [-0.25, -0.2) is 4.39 Å². The van der Waals surface area contributed by atoms with Crippen molar-refractivity contribution < 1.29 is 23.9 Å². The Balaban J connectivity index is 2.32. The summed E-state index contributed by atoms with van der Waals surface area (Å²) < 4.78 is 13.0. The summed E-state index contributed by atoms with van der Waals surface area (Å²) in [6.07, 6.45) is 1.01. The largest absolute Gasteiger partial charge is 0.480 e. The monoisotopic (exact) mass is 249 g/mol. The molecule has 2 amide bonds. The molecule has 1 N–H and O–H groups in total. The standard InChI is InChI=1S/C12H8FNO4/c13-8-3-1-2-7(4-8)9-5-10(15)14(12(9)18)6-11(16)17/h1-5H,6H2,(H,16,17). The first-order valence-electron chi connectivity index (χ1n) is 5.04. The van der Waals surface area contributed by atoms with Gasteiger partial charge in [-0.05, 0) is 17.7 Å². The number of aliphatic carboxylic acids is 1. The first-order valence-corrected chi connectivity index (χ1v) is 5.04. The first-order chi connectivity index (χ1) is 8.49. The second kappa shape index (κ2) is 4.40. The van der Waals surface area contributed by atoms with Crippen LogP contribution in [-0.4, -0.2) is 34.3 Å². The van der Waals surface area contributed by atoms with Crippen LogP contribution in [0.2, 0.25) is 0 Å². The van der Waals surface area contributed by atoms with Gasteiger partial charge in [-0.3, -0.25) is 19.3 Å². The number of benzene rings is 1. The quantitative estimate of drug-likeness (QED) is 0.798. The van der Waals surface area contributed by atoms with Crippen LogP contribution in [0.3, 0.4) is 0 Å². The molecule has 0 fully saturated rings. The highest BCUT2D eigenvalue weighted by Gasteiger charge is 2.33. The van der Waals surface area contributed by atoms with Gasteiger partial charge in [-0.15, -0.1) is 0 Å². The predicted octanol–water partition coefficient (Wildman–Crippen LogP) is 0.663. The van der Waals surface area contributed by atoms with Crippen molar-refractivity contribution in [3.05, 3.63) is 41.7 Å². The van der Waals surface area contributed by atoms with Crippen molar-refractivity contribution in [1.29, 1.82) is 0 Å². The number of nitrogens with zero attached hydrogens (tertiary/aromatic N) is 1. The molecule has 0 saturated carbocycles. The topological polar surface area (TPSA) is 74.7 Å². The minimum Gasteiger partial charge on any atom is -0.480 e. The molecule has 1 aromatic rings. The molecule has 0 spiro atoms. The second-order valence-electron chi connectivity index (χ2n) is 3.69. The van der Waals surface area contributed by atoms with Crippen LogP contribution in [0.5, 0.6) is 0 Å². The van der Waals surface area contributed by atoms with Crippen molar-refractivity contribution in [3.8, 4) is 0 Å². The first kappa shape index (κ1) is 12.0. The van der Waals surface area contributed by atoms with Crippen molar-refractivity contribution in [3.63, 3.8) is 0 Å². The summed E-state index contributed by atoms with van der Waals surface area (Å²) in [7, 11) is 0. The zero-order valence-corrected chi connectivity index (χ0v) is 9.09. The molecule has 5 nitrogen and oxygen atoms in total. The molecule has 0 aliphatic carbocycles. The second-order valence-corrected chi connectivity index (χ2v) is 3.69. The van der Waals surface area contributed by atoms with Crippen molar-refractivity contribution in [1.82, 2.24) is 4.90 Å². The normalized spacial score (nSPS) is 14.9. The Morgan fingerprint density at radius 2 is 2.06 bits per heavy atom. The average molecular weight is 249 g/mol. The van der Waals surface area contributed by atoms with E-state index < -0.39 is 30.1 Å². The molecular formula is C12H8FNO4.